The molecule has 1 atom stereocenters. The van der Waals surface area contributed by atoms with E-state index >= 15 is 0 Å². The summed E-state index contributed by atoms with van der Waals surface area (Å²) in [6.45, 7) is 3.50. The van der Waals surface area contributed by atoms with E-state index in [4.69, 9.17) is 14.2 Å². The Morgan fingerprint density at radius 1 is 1.12 bits per heavy atom. The van der Waals surface area contributed by atoms with E-state index in [1.54, 1.807) is 43.2 Å². The first-order valence-corrected chi connectivity index (χ1v) is 9.85. The average Bonchev–Trinajstić information content (AvgIpc) is 3.13. The van der Waals surface area contributed by atoms with Crippen LogP contribution in [0.15, 0.2) is 48.7 Å². The fourth-order valence-electron chi connectivity index (χ4n) is 2.93. The van der Waals surface area contributed by atoms with Crippen molar-refractivity contribution in [1.29, 1.82) is 0 Å². The molecule has 0 aliphatic rings. The van der Waals surface area contributed by atoms with Crippen LogP contribution in [-0.2, 0) is 11.8 Å². The summed E-state index contributed by atoms with van der Waals surface area (Å²) in [5.74, 6) is -0.571. The summed E-state index contributed by atoms with van der Waals surface area (Å²) in [7, 11) is 3.29. The van der Waals surface area contributed by atoms with Crippen LogP contribution in [0.3, 0.4) is 0 Å². The molecular formula is C23H24FN3O5. The highest BCUT2D eigenvalue weighted by Gasteiger charge is 2.15. The minimum absolute atomic E-state index is 0.0897. The highest BCUT2D eigenvalue weighted by molar-refractivity contribution is 6.04. The normalized spacial score (nSPS) is 11.7. The number of carbonyl (C=O) groups excluding carboxylic acids is 2. The Kier molecular flexibility index (Phi) is 7.21. The lowest BCUT2D eigenvalue weighted by Gasteiger charge is -2.16. The molecule has 32 heavy (non-hydrogen) atoms. The number of hydrogen-bond donors (Lipinski definition) is 1. The molecule has 3 rings (SSSR count). The molecule has 9 heteroatoms. The summed E-state index contributed by atoms with van der Waals surface area (Å²) in [5.41, 5.74) is 0.462. The van der Waals surface area contributed by atoms with Gasteiger partial charge >= 0.3 is 0 Å². The molecule has 8 nitrogen and oxygen atoms in total. The first-order chi connectivity index (χ1) is 15.2. The molecule has 1 heterocycles. The fraction of sp³-hybridized carbons (Fsp3) is 0.261. The van der Waals surface area contributed by atoms with Crippen LogP contribution < -0.4 is 14.8 Å². The Bertz CT molecular complexity index is 1130. The number of ketones is 1. The molecule has 1 aromatic heterocycles. The summed E-state index contributed by atoms with van der Waals surface area (Å²) >= 11 is 0. The molecule has 1 N–H and O–H groups in total. The molecule has 0 saturated carbocycles. The standard InChI is InChI=1S/C23H24FN3O5/c1-14(13-30-4)31-18-9-17(23(29)25-22-7-8-27(3)26-22)10-19(12-18)32-21-6-5-16(15(2)28)11-20(21)24/h5-12,14H,13H2,1-4H3,(H,25,26,29)/t14-/m0/s1. The number of anilines is 1. The average molecular weight is 441 g/mol. The van der Waals surface area contributed by atoms with Gasteiger partial charge in [-0.3, -0.25) is 14.3 Å². The Labute approximate surface area is 184 Å². The van der Waals surface area contributed by atoms with Crippen molar-refractivity contribution in [3.63, 3.8) is 0 Å². The zero-order valence-corrected chi connectivity index (χ0v) is 18.2. The molecule has 0 aliphatic heterocycles. The zero-order valence-electron chi connectivity index (χ0n) is 18.2. The third kappa shape index (κ3) is 5.92. The number of methoxy groups -OCH3 is 1. The number of nitrogens with zero attached hydrogens (tertiary/aromatic N) is 2. The monoisotopic (exact) mass is 441 g/mol. The lowest BCUT2D eigenvalue weighted by atomic mass is 10.1. The first-order valence-electron chi connectivity index (χ1n) is 9.85. The van der Waals surface area contributed by atoms with Gasteiger partial charge in [-0.15, -0.1) is 0 Å². The Morgan fingerprint density at radius 3 is 2.50 bits per heavy atom. The largest absolute Gasteiger partial charge is 0.488 e. The number of Topliss-reactive ketones (excluding diaryl/α,β-unsaturated/α-hetero) is 1. The van der Waals surface area contributed by atoms with E-state index in [0.717, 1.165) is 6.07 Å². The number of ether oxygens (including phenoxy) is 3. The SMILES string of the molecule is COC[C@H](C)Oc1cc(Oc2ccc(C(C)=O)cc2F)cc(C(=O)Nc2ccn(C)n2)c1. The number of aromatic nitrogens is 2. The van der Waals surface area contributed by atoms with Crippen LogP contribution >= 0.6 is 0 Å². The van der Waals surface area contributed by atoms with Crippen molar-refractivity contribution < 1.29 is 28.2 Å². The number of carbonyl (C=O) groups is 2. The maximum absolute atomic E-state index is 14.4. The second-order valence-electron chi connectivity index (χ2n) is 7.21. The van der Waals surface area contributed by atoms with Crippen molar-refractivity contribution >= 4 is 17.5 Å². The van der Waals surface area contributed by atoms with Crippen LogP contribution in [0.1, 0.15) is 34.6 Å². The van der Waals surface area contributed by atoms with Gasteiger partial charge in [0.15, 0.2) is 23.2 Å². The number of amides is 1. The topological polar surface area (TPSA) is 91.7 Å². The lowest BCUT2D eigenvalue weighted by molar-refractivity contribution is 0.0915. The smallest absolute Gasteiger partial charge is 0.257 e. The fourth-order valence-corrected chi connectivity index (χ4v) is 2.93. The summed E-state index contributed by atoms with van der Waals surface area (Å²) < 4.78 is 32.6. The van der Waals surface area contributed by atoms with Gasteiger partial charge in [0.2, 0.25) is 0 Å². The number of aryl methyl sites for hydroxylation is 1. The lowest BCUT2D eigenvalue weighted by Crippen LogP contribution is -2.18. The second kappa shape index (κ2) is 10.1. The van der Waals surface area contributed by atoms with E-state index in [1.807, 2.05) is 6.92 Å². The first kappa shape index (κ1) is 23.0. The molecule has 168 valence electrons. The maximum atomic E-state index is 14.4. The van der Waals surface area contributed by atoms with Crippen molar-refractivity contribution in [2.75, 3.05) is 19.0 Å². The molecule has 2 aromatic carbocycles. The summed E-state index contributed by atoms with van der Waals surface area (Å²) in [4.78, 5) is 24.2. The van der Waals surface area contributed by atoms with E-state index in [2.05, 4.69) is 10.4 Å². The molecular weight excluding hydrogens is 417 g/mol. The van der Waals surface area contributed by atoms with Crippen molar-refractivity contribution in [2.45, 2.75) is 20.0 Å². The highest BCUT2D eigenvalue weighted by Crippen LogP contribution is 2.30. The van der Waals surface area contributed by atoms with Crippen LogP contribution in [-0.4, -0.2) is 41.3 Å². The molecule has 0 unspecified atom stereocenters. The summed E-state index contributed by atoms with van der Waals surface area (Å²) in [6.07, 6.45) is 1.40. The van der Waals surface area contributed by atoms with Gasteiger partial charge in [0, 0.05) is 43.6 Å². The predicted octanol–water partition coefficient (Wildman–Crippen LogP) is 4.22. The Morgan fingerprint density at radius 2 is 1.88 bits per heavy atom. The van der Waals surface area contributed by atoms with Crippen LogP contribution in [0.25, 0.3) is 0 Å². The molecule has 3 aromatic rings. The maximum Gasteiger partial charge on any atom is 0.257 e. The predicted molar refractivity (Wildman–Crippen MR) is 116 cm³/mol. The Balaban J connectivity index is 1.90. The van der Waals surface area contributed by atoms with E-state index < -0.39 is 11.7 Å². The zero-order chi connectivity index (χ0) is 23.3. The molecule has 0 radical (unpaired) electrons. The van der Waals surface area contributed by atoms with E-state index in [1.165, 1.54) is 25.1 Å². The van der Waals surface area contributed by atoms with E-state index in [0.29, 0.717) is 18.2 Å². The van der Waals surface area contributed by atoms with Gasteiger partial charge in [-0.2, -0.15) is 5.10 Å². The number of halogens is 1. The van der Waals surface area contributed by atoms with E-state index in [9.17, 15) is 14.0 Å². The van der Waals surface area contributed by atoms with Crippen molar-refractivity contribution in [3.05, 3.63) is 65.6 Å². The number of nitrogens with one attached hydrogen (secondary N) is 1. The van der Waals surface area contributed by atoms with Gasteiger partial charge < -0.3 is 19.5 Å². The third-order valence-electron chi connectivity index (χ3n) is 4.40. The van der Waals surface area contributed by atoms with Gasteiger partial charge in [0.25, 0.3) is 5.91 Å². The van der Waals surface area contributed by atoms with Crippen LogP contribution in [0.2, 0.25) is 0 Å². The summed E-state index contributed by atoms with van der Waals surface area (Å²) in [6, 6.07) is 10.1. The van der Waals surface area contributed by atoms with Crippen molar-refractivity contribution in [1.82, 2.24) is 9.78 Å². The third-order valence-corrected chi connectivity index (χ3v) is 4.40. The van der Waals surface area contributed by atoms with E-state index in [-0.39, 0.29) is 34.5 Å². The molecule has 0 spiro atoms. The number of hydrogen-bond acceptors (Lipinski definition) is 6. The van der Waals surface area contributed by atoms with Gasteiger partial charge in [-0.05, 0) is 44.2 Å². The van der Waals surface area contributed by atoms with Crippen LogP contribution in [0, 0.1) is 5.82 Å². The van der Waals surface area contributed by atoms with Crippen LogP contribution in [0.5, 0.6) is 17.2 Å². The summed E-state index contributed by atoms with van der Waals surface area (Å²) in [5, 5.41) is 6.81. The van der Waals surface area contributed by atoms with Gasteiger partial charge in [0.1, 0.15) is 17.6 Å². The van der Waals surface area contributed by atoms with Gasteiger partial charge in [-0.25, -0.2) is 4.39 Å². The quantitative estimate of drug-likeness (QED) is 0.500. The van der Waals surface area contributed by atoms with Gasteiger partial charge in [0.05, 0.1) is 6.61 Å². The Hall–Kier alpha value is -3.72. The second-order valence-corrected chi connectivity index (χ2v) is 7.21. The minimum Gasteiger partial charge on any atom is -0.488 e. The molecule has 0 fully saturated rings. The van der Waals surface area contributed by atoms with Crippen LogP contribution in [0.4, 0.5) is 10.2 Å². The molecule has 0 saturated heterocycles. The van der Waals surface area contributed by atoms with Crippen molar-refractivity contribution in [2.24, 2.45) is 7.05 Å². The van der Waals surface area contributed by atoms with Crippen molar-refractivity contribution in [3.8, 4) is 17.2 Å². The molecule has 1 amide bonds. The molecule has 0 bridgehead atoms. The highest BCUT2D eigenvalue weighted by atomic mass is 19.1. The number of rotatable bonds is 9. The molecule has 0 aliphatic carbocycles. The van der Waals surface area contributed by atoms with Gasteiger partial charge in [-0.1, -0.05) is 0 Å². The number of benzene rings is 2. The minimum atomic E-state index is -0.698.